The molecule has 0 atom stereocenters. The lowest BCUT2D eigenvalue weighted by molar-refractivity contribution is 0.313. The van der Waals surface area contributed by atoms with Crippen molar-refractivity contribution in [3.8, 4) is 17.4 Å². The highest BCUT2D eigenvalue weighted by Crippen LogP contribution is 2.23. The number of hydrogen-bond acceptors (Lipinski definition) is 5. The molecule has 0 radical (unpaired) electrons. The number of H-pyrrole nitrogens is 1. The molecular formula is C24H32N6O. The molecule has 0 aliphatic rings. The topological polar surface area (TPSA) is 81.5 Å². The second-order valence-corrected chi connectivity index (χ2v) is 6.84. The van der Waals surface area contributed by atoms with Gasteiger partial charge in [-0.1, -0.05) is 20.4 Å². The molecule has 0 aliphatic carbocycles. The van der Waals surface area contributed by atoms with E-state index in [-0.39, 0.29) is 0 Å². The van der Waals surface area contributed by atoms with Crippen LogP contribution >= 0.6 is 0 Å². The fourth-order valence-corrected chi connectivity index (χ4v) is 2.98. The SMILES string of the molecule is C=C(C)c1cn(C)nc1C.CC.CCOc1nccc(-c2cc3cnc(C)cc3[nH]2)n1. The van der Waals surface area contributed by atoms with Gasteiger partial charge in [0.25, 0.3) is 0 Å². The maximum absolute atomic E-state index is 5.31. The summed E-state index contributed by atoms with van der Waals surface area (Å²) < 4.78 is 7.12. The number of aromatic nitrogens is 6. The van der Waals surface area contributed by atoms with E-state index in [1.165, 1.54) is 0 Å². The molecule has 7 heteroatoms. The second-order valence-electron chi connectivity index (χ2n) is 6.84. The minimum Gasteiger partial charge on any atom is -0.464 e. The van der Waals surface area contributed by atoms with Crippen LogP contribution in [0.3, 0.4) is 0 Å². The molecule has 1 N–H and O–H groups in total. The normalized spacial score (nSPS) is 10.0. The smallest absolute Gasteiger partial charge is 0.316 e. The molecule has 0 fully saturated rings. The largest absolute Gasteiger partial charge is 0.464 e. The van der Waals surface area contributed by atoms with Crippen molar-refractivity contribution in [2.24, 2.45) is 7.05 Å². The number of fused-ring (bicyclic) bond motifs is 1. The van der Waals surface area contributed by atoms with E-state index in [4.69, 9.17) is 4.74 Å². The predicted octanol–water partition coefficient (Wildman–Crippen LogP) is 5.51. The Morgan fingerprint density at radius 1 is 1.19 bits per heavy atom. The third-order valence-corrected chi connectivity index (χ3v) is 4.30. The van der Waals surface area contributed by atoms with Gasteiger partial charge in [0.2, 0.25) is 0 Å². The molecule has 0 saturated carbocycles. The Morgan fingerprint density at radius 3 is 2.52 bits per heavy atom. The molecule has 0 unspecified atom stereocenters. The van der Waals surface area contributed by atoms with E-state index in [0.29, 0.717) is 12.6 Å². The summed E-state index contributed by atoms with van der Waals surface area (Å²) in [4.78, 5) is 16.0. The first-order valence-electron chi connectivity index (χ1n) is 10.4. The molecule has 7 nitrogen and oxygen atoms in total. The van der Waals surface area contributed by atoms with E-state index in [2.05, 4.69) is 31.6 Å². The van der Waals surface area contributed by atoms with Crippen molar-refractivity contribution in [2.75, 3.05) is 6.61 Å². The molecule has 164 valence electrons. The van der Waals surface area contributed by atoms with Crippen molar-refractivity contribution < 1.29 is 4.74 Å². The number of hydrogen-bond donors (Lipinski definition) is 1. The molecule has 0 saturated heterocycles. The van der Waals surface area contributed by atoms with Crippen LogP contribution in [0.25, 0.3) is 27.9 Å². The van der Waals surface area contributed by atoms with Crippen LogP contribution in [0.4, 0.5) is 0 Å². The highest BCUT2D eigenvalue weighted by Gasteiger charge is 2.07. The first kappa shape index (κ1) is 23.8. The minimum absolute atomic E-state index is 0.396. The highest BCUT2D eigenvalue weighted by molar-refractivity contribution is 5.84. The molecular weight excluding hydrogens is 388 g/mol. The average molecular weight is 421 g/mol. The van der Waals surface area contributed by atoms with Crippen LogP contribution in [0.2, 0.25) is 0 Å². The summed E-state index contributed by atoms with van der Waals surface area (Å²) in [6, 6.07) is 6.30. The Kier molecular flexibility index (Phi) is 8.49. The van der Waals surface area contributed by atoms with Crippen LogP contribution < -0.4 is 4.74 Å². The zero-order valence-corrected chi connectivity index (χ0v) is 19.5. The minimum atomic E-state index is 0.396. The maximum atomic E-state index is 5.31. The van der Waals surface area contributed by atoms with Crippen LogP contribution in [-0.4, -0.2) is 36.3 Å². The van der Waals surface area contributed by atoms with Crippen molar-refractivity contribution >= 4 is 16.5 Å². The van der Waals surface area contributed by atoms with E-state index in [1.807, 2.05) is 79.2 Å². The van der Waals surface area contributed by atoms with Crippen LogP contribution in [0, 0.1) is 13.8 Å². The average Bonchev–Trinajstić information content (AvgIpc) is 3.32. The van der Waals surface area contributed by atoms with Crippen LogP contribution in [0.15, 0.2) is 43.4 Å². The van der Waals surface area contributed by atoms with Gasteiger partial charge in [0.1, 0.15) is 0 Å². The summed E-state index contributed by atoms with van der Waals surface area (Å²) in [5.41, 5.74) is 7.07. The quantitative estimate of drug-likeness (QED) is 0.470. The maximum Gasteiger partial charge on any atom is 0.316 e. The van der Waals surface area contributed by atoms with Gasteiger partial charge in [0.05, 0.1) is 23.7 Å². The zero-order chi connectivity index (χ0) is 23.0. The van der Waals surface area contributed by atoms with E-state index in [0.717, 1.165) is 44.8 Å². The van der Waals surface area contributed by atoms with Crippen molar-refractivity contribution in [3.05, 3.63) is 60.3 Å². The number of ether oxygens (including phenoxy) is 1. The molecule has 0 aromatic carbocycles. The lowest BCUT2D eigenvalue weighted by Gasteiger charge is -2.01. The number of rotatable bonds is 4. The lowest BCUT2D eigenvalue weighted by atomic mass is 10.1. The molecule has 31 heavy (non-hydrogen) atoms. The van der Waals surface area contributed by atoms with Gasteiger partial charge in [-0.25, -0.2) is 4.98 Å². The van der Waals surface area contributed by atoms with Crippen molar-refractivity contribution in [3.63, 3.8) is 0 Å². The highest BCUT2D eigenvalue weighted by atomic mass is 16.5. The fourth-order valence-electron chi connectivity index (χ4n) is 2.98. The number of allylic oxidation sites excluding steroid dienone is 1. The third kappa shape index (κ3) is 6.25. The van der Waals surface area contributed by atoms with Crippen LogP contribution in [0.5, 0.6) is 6.01 Å². The Hall–Kier alpha value is -3.48. The summed E-state index contributed by atoms with van der Waals surface area (Å²) in [5, 5.41) is 5.25. The van der Waals surface area contributed by atoms with Crippen LogP contribution in [-0.2, 0) is 7.05 Å². The fraction of sp³-hybridized carbons (Fsp3) is 0.333. The van der Waals surface area contributed by atoms with Gasteiger partial charge >= 0.3 is 6.01 Å². The van der Waals surface area contributed by atoms with Gasteiger partial charge in [-0.15, -0.1) is 0 Å². The molecule has 4 aromatic rings. The van der Waals surface area contributed by atoms with E-state index in [1.54, 1.807) is 10.9 Å². The van der Waals surface area contributed by atoms with Crippen molar-refractivity contribution in [1.29, 1.82) is 0 Å². The second kappa shape index (κ2) is 11.1. The van der Waals surface area contributed by atoms with Crippen molar-refractivity contribution in [1.82, 2.24) is 29.7 Å². The Bertz CT molecular complexity index is 1140. The molecule has 0 aliphatic heterocycles. The van der Waals surface area contributed by atoms with Gasteiger partial charge in [-0.2, -0.15) is 10.1 Å². The summed E-state index contributed by atoms with van der Waals surface area (Å²) in [7, 11) is 1.92. The monoisotopic (exact) mass is 420 g/mol. The van der Waals surface area contributed by atoms with Gasteiger partial charge in [0.15, 0.2) is 0 Å². The molecule has 0 spiro atoms. The predicted molar refractivity (Wildman–Crippen MR) is 127 cm³/mol. The number of aromatic amines is 1. The first-order valence-corrected chi connectivity index (χ1v) is 10.4. The first-order chi connectivity index (χ1) is 14.9. The number of aryl methyl sites for hydroxylation is 3. The van der Waals surface area contributed by atoms with E-state index < -0.39 is 0 Å². The third-order valence-electron chi connectivity index (χ3n) is 4.30. The van der Waals surface area contributed by atoms with E-state index in [9.17, 15) is 0 Å². The Morgan fingerprint density at radius 2 is 1.94 bits per heavy atom. The van der Waals surface area contributed by atoms with Gasteiger partial charge < -0.3 is 9.72 Å². The molecule has 4 rings (SSSR count). The summed E-state index contributed by atoms with van der Waals surface area (Å²) in [5.74, 6) is 0. The molecule has 0 amide bonds. The summed E-state index contributed by atoms with van der Waals surface area (Å²) in [6.07, 6.45) is 5.54. The van der Waals surface area contributed by atoms with E-state index >= 15 is 0 Å². The van der Waals surface area contributed by atoms with Crippen molar-refractivity contribution in [2.45, 2.75) is 41.5 Å². The summed E-state index contributed by atoms with van der Waals surface area (Å²) in [6.45, 7) is 16.3. The van der Waals surface area contributed by atoms with Gasteiger partial charge in [-0.05, 0) is 51.5 Å². The van der Waals surface area contributed by atoms with Gasteiger partial charge in [0, 0.05) is 47.8 Å². The number of nitrogens with zero attached hydrogens (tertiary/aromatic N) is 5. The Balaban J connectivity index is 0.000000241. The number of pyridine rings is 1. The zero-order valence-electron chi connectivity index (χ0n) is 19.5. The summed E-state index contributed by atoms with van der Waals surface area (Å²) >= 11 is 0. The van der Waals surface area contributed by atoms with Gasteiger partial charge in [-0.3, -0.25) is 9.67 Å². The molecule has 4 aromatic heterocycles. The standard InChI is InChI=1S/C14H14N4O.C8H12N2.C2H6/c1-3-19-14-15-5-4-11(18-14)13-7-10-8-16-9(2)6-12(10)17-13;1-6(2)8-5-10(4)9-7(8)3;1-2/h4-8,17H,3H2,1-2H3;5H,1H2,2-4H3;1-2H3. The number of nitrogens with one attached hydrogen (secondary N) is 1. The lowest BCUT2D eigenvalue weighted by Crippen LogP contribution is -1.97. The Labute approximate surface area is 184 Å². The molecule has 4 heterocycles. The molecule has 0 bridgehead atoms. The van der Waals surface area contributed by atoms with Crippen LogP contribution in [0.1, 0.15) is 44.6 Å².